The summed E-state index contributed by atoms with van der Waals surface area (Å²) in [7, 11) is 0. The zero-order chi connectivity index (χ0) is 12.4. The largest absolute Gasteiger partial charge is 0.346 e. The first-order chi connectivity index (χ1) is 8.84. The molecule has 0 saturated heterocycles. The molecule has 1 aromatic carbocycles. The summed E-state index contributed by atoms with van der Waals surface area (Å²) in [4.78, 5) is 11.3. The quantitative estimate of drug-likeness (QED) is 0.626. The van der Waals surface area contributed by atoms with Gasteiger partial charge in [0, 0.05) is 11.8 Å². The summed E-state index contributed by atoms with van der Waals surface area (Å²) in [5.41, 5.74) is 2.27. The van der Waals surface area contributed by atoms with Crippen LogP contribution in [0.2, 0.25) is 5.02 Å². The van der Waals surface area contributed by atoms with Crippen molar-refractivity contribution in [2.24, 2.45) is 0 Å². The van der Waals surface area contributed by atoms with Crippen LogP contribution in [0.1, 0.15) is 11.3 Å². The van der Waals surface area contributed by atoms with E-state index in [9.17, 15) is 0 Å². The van der Waals surface area contributed by atoms with Crippen molar-refractivity contribution in [3.63, 3.8) is 0 Å². The van der Waals surface area contributed by atoms with Crippen LogP contribution in [0.5, 0.6) is 0 Å². The number of benzene rings is 1. The number of H-pyrrole nitrogens is 1. The molecule has 86 valence electrons. The molecule has 3 nitrogen and oxygen atoms in total. The molecule has 0 radical (unpaired) electrons. The number of nitrogens with zero attached hydrogens (tertiary/aromatic N) is 2. The lowest BCUT2D eigenvalue weighted by Crippen LogP contribution is -1.86. The Balaban J connectivity index is 2.08. The molecule has 3 aromatic rings. The van der Waals surface area contributed by atoms with Gasteiger partial charge >= 0.3 is 0 Å². The Bertz CT molecular complexity index is 765. The normalized spacial score (nSPS) is 10.1. The third-order valence-corrected chi connectivity index (χ3v) is 2.87. The van der Waals surface area contributed by atoms with E-state index in [-0.39, 0.29) is 0 Å². The average Bonchev–Trinajstić information content (AvgIpc) is 2.86. The molecule has 0 unspecified atom stereocenters. The molecular weight excluding hydrogens is 246 g/mol. The minimum absolute atomic E-state index is 0.643. The molecule has 4 heteroatoms. The van der Waals surface area contributed by atoms with Crippen molar-refractivity contribution in [3.8, 4) is 11.8 Å². The number of rotatable bonds is 0. The fraction of sp³-hybridized carbons (Fsp3) is 0. The van der Waals surface area contributed by atoms with Crippen molar-refractivity contribution >= 4 is 22.6 Å². The Morgan fingerprint density at radius 2 is 1.94 bits per heavy atom. The smallest absolute Gasteiger partial charge is 0.141 e. The van der Waals surface area contributed by atoms with E-state index in [0.29, 0.717) is 10.7 Å². The molecule has 0 aliphatic heterocycles. The number of fused-ring (bicyclic) bond motifs is 1. The Kier molecular flexibility index (Phi) is 2.71. The van der Waals surface area contributed by atoms with E-state index >= 15 is 0 Å². The molecule has 0 bridgehead atoms. The Labute approximate surface area is 109 Å². The average molecular weight is 254 g/mol. The van der Waals surface area contributed by atoms with E-state index in [4.69, 9.17) is 11.6 Å². The van der Waals surface area contributed by atoms with Crippen LogP contribution >= 0.6 is 11.6 Å². The summed E-state index contributed by atoms with van der Waals surface area (Å²) in [6.45, 7) is 0. The maximum absolute atomic E-state index is 6.05. The van der Waals surface area contributed by atoms with Gasteiger partial charge in [-0.15, -0.1) is 0 Å². The third kappa shape index (κ3) is 1.94. The molecule has 3 rings (SSSR count). The van der Waals surface area contributed by atoms with Gasteiger partial charge in [0.2, 0.25) is 0 Å². The minimum Gasteiger partial charge on any atom is -0.346 e. The van der Waals surface area contributed by atoms with Crippen LogP contribution in [0.15, 0.2) is 42.9 Å². The molecule has 2 aromatic heterocycles. The van der Waals surface area contributed by atoms with Gasteiger partial charge in [-0.3, -0.25) is 0 Å². The van der Waals surface area contributed by atoms with Crippen molar-refractivity contribution in [1.29, 1.82) is 0 Å². The highest BCUT2D eigenvalue weighted by Gasteiger charge is 2.01. The van der Waals surface area contributed by atoms with Gasteiger partial charge in [0.25, 0.3) is 0 Å². The predicted octanol–water partition coefficient (Wildman–Crippen LogP) is 3.01. The number of nitrogens with one attached hydrogen (secondary N) is 1. The summed E-state index contributed by atoms with van der Waals surface area (Å²) >= 11 is 6.05. The van der Waals surface area contributed by atoms with Gasteiger partial charge in [-0.05, 0) is 24.1 Å². The van der Waals surface area contributed by atoms with Crippen molar-refractivity contribution in [2.45, 2.75) is 0 Å². The Hall–Kier alpha value is -2.31. The summed E-state index contributed by atoms with van der Waals surface area (Å²) < 4.78 is 0. The van der Waals surface area contributed by atoms with Gasteiger partial charge in [0.1, 0.15) is 17.7 Å². The third-order valence-electron chi connectivity index (χ3n) is 2.54. The Morgan fingerprint density at radius 1 is 1.06 bits per heavy atom. The monoisotopic (exact) mass is 253 g/mol. The first-order valence-electron chi connectivity index (χ1n) is 5.39. The van der Waals surface area contributed by atoms with Gasteiger partial charge < -0.3 is 4.98 Å². The van der Waals surface area contributed by atoms with Crippen LogP contribution in [0.25, 0.3) is 11.0 Å². The lowest BCUT2D eigenvalue weighted by Gasteiger charge is -1.94. The van der Waals surface area contributed by atoms with Crippen molar-refractivity contribution in [2.75, 3.05) is 0 Å². The molecule has 2 heterocycles. The SMILES string of the molecule is Clc1ccccc1C#Cc1ncnc2[nH]ccc12. The molecule has 0 fully saturated rings. The number of aromatic amines is 1. The highest BCUT2D eigenvalue weighted by molar-refractivity contribution is 6.31. The van der Waals surface area contributed by atoms with Gasteiger partial charge in [0.15, 0.2) is 0 Å². The zero-order valence-electron chi connectivity index (χ0n) is 9.31. The highest BCUT2D eigenvalue weighted by Crippen LogP contribution is 2.15. The number of aromatic nitrogens is 3. The summed E-state index contributed by atoms with van der Waals surface area (Å²) in [5.74, 6) is 6.05. The lowest BCUT2D eigenvalue weighted by molar-refractivity contribution is 1.18. The van der Waals surface area contributed by atoms with Gasteiger partial charge in [0.05, 0.1) is 10.4 Å². The molecule has 0 atom stereocenters. The van der Waals surface area contributed by atoms with Gasteiger partial charge in [-0.25, -0.2) is 9.97 Å². The molecule has 1 N–H and O–H groups in total. The number of halogens is 1. The second-order valence-electron chi connectivity index (χ2n) is 3.69. The zero-order valence-corrected chi connectivity index (χ0v) is 10.1. The van der Waals surface area contributed by atoms with Crippen LogP contribution in [0.3, 0.4) is 0 Å². The maximum Gasteiger partial charge on any atom is 0.141 e. The van der Waals surface area contributed by atoms with E-state index in [2.05, 4.69) is 26.8 Å². The van der Waals surface area contributed by atoms with E-state index in [1.165, 1.54) is 6.33 Å². The predicted molar refractivity (Wildman–Crippen MR) is 71.3 cm³/mol. The summed E-state index contributed by atoms with van der Waals surface area (Å²) in [6.07, 6.45) is 3.31. The van der Waals surface area contributed by atoms with Crippen molar-refractivity contribution < 1.29 is 0 Å². The molecular formula is C14H8ClN3. The fourth-order valence-electron chi connectivity index (χ4n) is 1.66. The van der Waals surface area contributed by atoms with Crippen LogP contribution < -0.4 is 0 Å². The van der Waals surface area contributed by atoms with Gasteiger partial charge in [-0.2, -0.15) is 0 Å². The molecule has 0 saturated carbocycles. The molecule has 0 aliphatic carbocycles. The highest BCUT2D eigenvalue weighted by atomic mass is 35.5. The van der Waals surface area contributed by atoms with E-state index in [1.54, 1.807) is 0 Å². The lowest BCUT2D eigenvalue weighted by atomic mass is 10.2. The second kappa shape index (κ2) is 4.52. The topological polar surface area (TPSA) is 41.6 Å². The molecule has 18 heavy (non-hydrogen) atoms. The molecule has 0 amide bonds. The van der Waals surface area contributed by atoms with Crippen molar-refractivity contribution in [3.05, 3.63) is 59.1 Å². The number of hydrogen-bond acceptors (Lipinski definition) is 2. The minimum atomic E-state index is 0.643. The summed E-state index contributed by atoms with van der Waals surface area (Å²) in [5, 5.41) is 1.56. The first kappa shape index (κ1) is 10.8. The second-order valence-corrected chi connectivity index (χ2v) is 4.10. The molecule has 0 aliphatic rings. The fourth-order valence-corrected chi connectivity index (χ4v) is 1.84. The molecule has 0 spiro atoms. The van der Waals surface area contributed by atoms with E-state index in [0.717, 1.165) is 16.6 Å². The Morgan fingerprint density at radius 3 is 2.83 bits per heavy atom. The summed E-state index contributed by atoms with van der Waals surface area (Å²) in [6, 6.07) is 9.39. The number of hydrogen-bond donors (Lipinski definition) is 1. The standard InChI is InChI=1S/C14H8ClN3/c15-12-4-2-1-3-10(12)5-6-13-11-7-8-16-14(11)18-9-17-13/h1-4,7-9H,(H,16,17,18). The van der Waals surface area contributed by atoms with Crippen molar-refractivity contribution in [1.82, 2.24) is 15.0 Å². The van der Waals surface area contributed by atoms with Crippen LogP contribution in [-0.2, 0) is 0 Å². The first-order valence-corrected chi connectivity index (χ1v) is 5.77. The van der Waals surface area contributed by atoms with Crippen LogP contribution in [0.4, 0.5) is 0 Å². The maximum atomic E-state index is 6.05. The van der Waals surface area contributed by atoms with E-state index in [1.807, 2.05) is 36.5 Å². The van der Waals surface area contributed by atoms with Gasteiger partial charge in [-0.1, -0.05) is 29.7 Å². The van der Waals surface area contributed by atoms with Crippen LogP contribution in [0, 0.1) is 11.8 Å². The van der Waals surface area contributed by atoms with Crippen LogP contribution in [-0.4, -0.2) is 15.0 Å². The van der Waals surface area contributed by atoms with E-state index < -0.39 is 0 Å².